The van der Waals surface area contributed by atoms with Gasteiger partial charge in [0.15, 0.2) is 23.8 Å². The Kier molecular flexibility index (Phi) is 8.29. The first kappa shape index (κ1) is 29.7. The number of amides is 2. The summed E-state index contributed by atoms with van der Waals surface area (Å²) in [6.07, 6.45) is 1.41. The highest BCUT2D eigenvalue weighted by Crippen LogP contribution is 2.33. The first-order valence-electron chi connectivity index (χ1n) is 14.7. The number of aliphatic hydroxyl groups is 2. The number of ether oxygens (including phenoxy) is 2. The van der Waals surface area contributed by atoms with E-state index in [1.165, 1.54) is 35.2 Å². The summed E-state index contributed by atoms with van der Waals surface area (Å²) in [6, 6.07) is 5.47. The number of hydrogen-bond donors (Lipinski definition) is 4. The van der Waals surface area contributed by atoms with Crippen LogP contribution in [0.25, 0.3) is 11.2 Å². The fraction of sp³-hybridized carbons (Fsp3) is 0.536. The number of fused-ring (bicyclic) bond motifs is 1. The number of hydrogen-bond acceptors (Lipinski definition) is 12. The Bertz CT molecular complexity index is 1540. The molecule has 1 aromatic carbocycles. The van der Waals surface area contributed by atoms with Crippen LogP contribution < -0.4 is 15.8 Å². The lowest BCUT2D eigenvalue weighted by Crippen LogP contribution is -2.43. The van der Waals surface area contributed by atoms with Crippen LogP contribution in [0.4, 0.5) is 16.3 Å². The average Bonchev–Trinajstić information content (AvgIpc) is 3.64. The van der Waals surface area contributed by atoms with Crippen LogP contribution in [-0.4, -0.2) is 89.0 Å². The summed E-state index contributed by atoms with van der Waals surface area (Å²) < 4.78 is 12.6. The fourth-order valence-electron chi connectivity index (χ4n) is 5.65. The van der Waals surface area contributed by atoms with Gasteiger partial charge in [0.25, 0.3) is 11.6 Å². The van der Waals surface area contributed by atoms with E-state index in [0.717, 1.165) is 38.5 Å². The number of rotatable bonds is 9. The standard InChI is InChI=1S/C28H34N8O8/c29-24-20-25(35(14-30-20)27-22(38)21(37)23(44-27)26(39)31-16-4-5-16)33-19(32-24)3-1-2-15-10-12-34(13-11-15)28(40)43-18-8-6-17(7-9-18)36(41)42/h6-9,14-16,21-23,27,37-38H,1-5,10-13H2,(H,31,39)(H2,29,32,33)/t21?,22-,23-,27+/m0/s1. The topological polar surface area (TPSA) is 221 Å². The summed E-state index contributed by atoms with van der Waals surface area (Å²) in [5.41, 5.74) is 6.78. The van der Waals surface area contributed by atoms with Crippen LogP contribution in [0, 0.1) is 16.0 Å². The van der Waals surface area contributed by atoms with Gasteiger partial charge in [-0.1, -0.05) is 0 Å². The molecule has 2 saturated heterocycles. The van der Waals surface area contributed by atoms with Crippen LogP contribution in [0.2, 0.25) is 0 Å². The molecule has 44 heavy (non-hydrogen) atoms. The number of nitrogen functional groups attached to an aromatic ring is 1. The van der Waals surface area contributed by atoms with Gasteiger partial charge in [0, 0.05) is 37.7 Å². The number of carbonyl (C=O) groups is 2. The minimum absolute atomic E-state index is 0.0753. The molecule has 0 radical (unpaired) electrons. The van der Waals surface area contributed by atoms with E-state index in [0.29, 0.717) is 42.4 Å². The number of carbonyl (C=O) groups excluding carboxylic acids is 2. The van der Waals surface area contributed by atoms with Crippen LogP contribution in [0.15, 0.2) is 30.6 Å². The number of imidazole rings is 1. The highest BCUT2D eigenvalue weighted by Gasteiger charge is 2.48. The van der Waals surface area contributed by atoms with E-state index in [4.69, 9.17) is 15.2 Å². The number of aromatic nitrogens is 4. The molecule has 1 unspecified atom stereocenters. The fourth-order valence-corrected chi connectivity index (χ4v) is 5.65. The molecule has 4 atom stereocenters. The molecule has 5 N–H and O–H groups in total. The highest BCUT2D eigenvalue weighted by atomic mass is 16.6. The van der Waals surface area contributed by atoms with Gasteiger partial charge in [-0.15, -0.1) is 0 Å². The van der Waals surface area contributed by atoms with Gasteiger partial charge >= 0.3 is 6.09 Å². The lowest BCUT2D eigenvalue weighted by molar-refractivity contribution is -0.384. The van der Waals surface area contributed by atoms with Gasteiger partial charge in [-0.05, 0) is 56.6 Å². The number of nitrogens with two attached hydrogens (primary N) is 1. The van der Waals surface area contributed by atoms with E-state index < -0.39 is 41.5 Å². The summed E-state index contributed by atoms with van der Waals surface area (Å²) in [7, 11) is 0. The van der Waals surface area contributed by atoms with Crippen molar-refractivity contribution in [1.29, 1.82) is 0 Å². The number of nitrogens with one attached hydrogen (secondary N) is 1. The van der Waals surface area contributed by atoms with Gasteiger partial charge in [0.05, 0.1) is 11.3 Å². The van der Waals surface area contributed by atoms with Gasteiger partial charge in [0.2, 0.25) is 0 Å². The molecular weight excluding hydrogens is 576 g/mol. The number of nitro benzene ring substituents is 1. The number of anilines is 1. The number of aryl methyl sites for hydroxylation is 1. The smallest absolute Gasteiger partial charge is 0.410 e. The molecule has 3 aliphatic rings. The maximum atomic E-state index is 12.5. The Morgan fingerprint density at radius 1 is 1.11 bits per heavy atom. The van der Waals surface area contributed by atoms with Crippen molar-refractivity contribution in [3.8, 4) is 5.75 Å². The normalized spacial score (nSPS) is 24.0. The molecule has 0 bridgehead atoms. The molecule has 3 fully saturated rings. The van der Waals surface area contributed by atoms with Gasteiger partial charge in [0.1, 0.15) is 29.3 Å². The lowest BCUT2D eigenvalue weighted by atomic mass is 9.91. The van der Waals surface area contributed by atoms with Gasteiger partial charge in [-0.25, -0.2) is 19.7 Å². The maximum absolute atomic E-state index is 12.5. The predicted octanol–water partition coefficient (Wildman–Crippen LogP) is 1.45. The third-order valence-corrected chi connectivity index (χ3v) is 8.33. The third kappa shape index (κ3) is 6.27. The molecule has 16 heteroatoms. The van der Waals surface area contributed by atoms with Crippen LogP contribution in [-0.2, 0) is 16.0 Å². The highest BCUT2D eigenvalue weighted by molar-refractivity contribution is 5.83. The molecule has 2 aliphatic heterocycles. The minimum atomic E-state index is -1.41. The molecule has 16 nitrogen and oxygen atoms in total. The van der Waals surface area contributed by atoms with Gasteiger partial charge in [-0.2, -0.15) is 0 Å². The number of non-ortho nitro benzene ring substituents is 1. The van der Waals surface area contributed by atoms with Crippen LogP contribution in [0.3, 0.4) is 0 Å². The average molecular weight is 611 g/mol. The number of likely N-dealkylation sites (tertiary alicyclic amines) is 1. The van der Waals surface area contributed by atoms with Crippen molar-refractivity contribution in [3.63, 3.8) is 0 Å². The Balaban J connectivity index is 1.01. The monoisotopic (exact) mass is 610 g/mol. The van der Waals surface area contributed by atoms with E-state index in [9.17, 15) is 29.9 Å². The molecule has 2 aromatic heterocycles. The second-order valence-corrected chi connectivity index (χ2v) is 11.5. The zero-order valence-electron chi connectivity index (χ0n) is 23.8. The Morgan fingerprint density at radius 3 is 2.52 bits per heavy atom. The summed E-state index contributed by atoms with van der Waals surface area (Å²) in [4.78, 5) is 50.3. The van der Waals surface area contributed by atoms with E-state index in [1.807, 2.05) is 0 Å². The molecular formula is C28H34N8O8. The first-order chi connectivity index (χ1) is 21.2. The van der Waals surface area contributed by atoms with Crippen LogP contribution >= 0.6 is 0 Å². The maximum Gasteiger partial charge on any atom is 0.415 e. The van der Waals surface area contributed by atoms with E-state index in [-0.39, 0.29) is 23.3 Å². The number of benzene rings is 1. The molecule has 3 aromatic rings. The van der Waals surface area contributed by atoms with Crippen molar-refractivity contribution < 1.29 is 34.2 Å². The minimum Gasteiger partial charge on any atom is -0.410 e. The summed E-state index contributed by atoms with van der Waals surface area (Å²) in [6.45, 7) is 1.08. The molecule has 4 heterocycles. The number of nitro groups is 1. The summed E-state index contributed by atoms with van der Waals surface area (Å²) >= 11 is 0. The van der Waals surface area contributed by atoms with E-state index >= 15 is 0 Å². The molecule has 1 saturated carbocycles. The van der Waals surface area contributed by atoms with Crippen LogP contribution in [0.1, 0.15) is 50.6 Å². The predicted molar refractivity (Wildman–Crippen MR) is 153 cm³/mol. The van der Waals surface area contributed by atoms with Crippen molar-refractivity contribution in [2.75, 3.05) is 18.8 Å². The molecule has 1 aliphatic carbocycles. The van der Waals surface area contributed by atoms with Crippen molar-refractivity contribution in [2.45, 2.75) is 75.5 Å². The van der Waals surface area contributed by atoms with Crippen molar-refractivity contribution in [3.05, 3.63) is 46.5 Å². The molecule has 2 amide bonds. The lowest BCUT2D eigenvalue weighted by Gasteiger charge is -2.31. The molecule has 234 valence electrons. The number of nitrogens with zero attached hydrogens (tertiary/aromatic N) is 6. The second kappa shape index (κ2) is 12.3. The zero-order valence-corrected chi connectivity index (χ0v) is 23.8. The summed E-state index contributed by atoms with van der Waals surface area (Å²) in [5.74, 6) is 0.862. The molecule has 0 spiro atoms. The Labute approximate surface area is 251 Å². The van der Waals surface area contributed by atoms with Crippen LogP contribution in [0.5, 0.6) is 5.75 Å². The van der Waals surface area contributed by atoms with Gasteiger partial charge < -0.3 is 35.6 Å². The SMILES string of the molecule is Nc1nc(CCCC2CCN(C(=O)Oc3ccc([N+](=O)[O-])cc3)CC2)nc2c1ncn2[C@@H]1O[C@H](C(=O)NC2CC2)C(O)[C@@H]1O. The van der Waals surface area contributed by atoms with Crippen molar-refractivity contribution in [1.82, 2.24) is 29.7 Å². The quantitative estimate of drug-likeness (QED) is 0.200. The zero-order chi connectivity index (χ0) is 31.0. The van der Waals surface area contributed by atoms with E-state index in [1.54, 1.807) is 4.90 Å². The first-order valence-corrected chi connectivity index (χ1v) is 14.7. The second-order valence-electron chi connectivity index (χ2n) is 11.5. The number of aliphatic hydroxyl groups excluding tert-OH is 2. The Morgan fingerprint density at radius 2 is 1.84 bits per heavy atom. The molecule has 6 rings (SSSR count). The van der Waals surface area contributed by atoms with Crippen molar-refractivity contribution >= 4 is 34.7 Å². The number of piperidine rings is 1. The largest absolute Gasteiger partial charge is 0.415 e. The Hall–Kier alpha value is -4.41. The van der Waals surface area contributed by atoms with Crippen molar-refractivity contribution in [2.24, 2.45) is 5.92 Å². The van der Waals surface area contributed by atoms with E-state index in [2.05, 4.69) is 20.3 Å². The summed E-state index contributed by atoms with van der Waals surface area (Å²) in [5, 5.41) is 34.8. The van der Waals surface area contributed by atoms with Gasteiger partial charge in [-0.3, -0.25) is 19.5 Å². The third-order valence-electron chi connectivity index (χ3n) is 8.33.